The molecule has 0 atom stereocenters. The summed E-state index contributed by atoms with van der Waals surface area (Å²) in [5.74, 6) is 1.09. The second-order valence-corrected chi connectivity index (χ2v) is 7.33. The number of amides is 1. The summed E-state index contributed by atoms with van der Waals surface area (Å²) in [7, 11) is 1.75. The average Bonchev–Trinajstić information content (AvgIpc) is 3.19. The minimum absolute atomic E-state index is 0.00469. The van der Waals surface area contributed by atoms with Gasteiger partial charge in [0, 0.05) is 24.0 Å². The van der Waals surface area contributed by atoms with Gasteiger partial charge in [-0.3, -0.25) is 14.2 Å². The topological polar surface area (TPSA) is 68.1 Å². The van der Waals surface area contributed by atoms with Crippen LogP contribution in [0, 0.1) is 6.92 Å². The number of aromatic nitrogens is 3. The number of benzene rings is 2. The van der Waals surface area contributed by atoms with E-state index in [0.717, 1.165) is 22.8 Å². The molecule has 1 aromatic heterocycles. The van der Waals surface area contributed by atoms with Gasteiger partial charge in [0.2, 0.25) is 5.91 Å². The standard InChI is InChI=1S/C20H18N4O2S/c1-13-21-22-20(24(13)16-6-4-3-5-7-16)27-12-18(25)14-8-9-17-15(10-14)11-19(26)23(17)2/h3-10H,11-12H2,1-2H3. The first-order chi connectivity index (χ1) is 13.0. The molecule has 0 bridgehead atoms. The normalized spacial score (nSPS) is 13.1. The van der Waals surface area contributed by atoms with Crippen LogP contribution in [0.3, 0.4) is 0 Å². The highest BCUT2D eigenvalue weighted by Gasteiger charge is 2.25. The Kier molecular flexibility index (Phi) is 4.53. The minimum atomic E-state index is 0.00469. The Morgan fingerprint density at radius 1 is 1.15 bits per heavy atom. The van der Waals surface area contributed by atoms with Crippen LogP contribution in [0.4, 0.5) is 5.69 Å². The molecule has 1 amide bonds. The fourth-order valence-corrected chi connectivity index (χ4v) is 4.06. The van der Waals surface area contributed by atoms with Crippen molar-refractivity contribution in [3.8, 4) is 5.69 Å². The number of fused-ring (bicyclic) bond motifs is 1. The molecule has 1 aliphatic rings. The lowest BCUT2D eigenvalue weighted by Gasteiger charge is -2.10. The van der Waals surface area contributed by atoms with Crippen molar-refractivity contribution >= 4 is 29.1 Å². The molecule has 6 nitrogen and oxygen atoms in total. The van der Waals surface area contributed by atoms with Crippen LogP contribution in [0.15, 0.2) is 53.7 Å². The van der Waals surface area contributed by atoms with Crippen molar-refractivity contribution in [3.63, 3.8) is 0 Å². The lowest BCUT2D eigenvalue weighted by molar-refractivity contribution is -0.117. The Morgan fingerprint density at radius 3 is 2.70 bits per heavy atom. The lowest BCUT2D eigenvalue weighted by Crippen LogP contribution is -2.20. The number of rotatable bonds is 5. The summed E-state index contributed by atoms with van der Waals surface area (Å²) in [6.45, 7) is 1.89. The van der Waals surface area contributed by atoms with Crippen LogP contribution < -0.4 is 4.90 Å². The van der Waals surface area contributed by atoms with Crippen molar-refractivity contribution in [1.82, 2.24) is 14.8 Å². The number of ketones is 1. The highest BCUT2D eigenvalue weighted by molar-refractivity contribution is 7.99. The summed E-state index contributed by atoms with van der Waals surface area (Å²) in [5, 5.41) is 9.04. The molecule has 4 rings (SSSR count). The van der Waals surface area contributed by atoms with Gasteiger partial charge in [-0.15, -0.1) is 10.2 Å². The number of thioether (sulfide) groups is 1. The average molecular weight is 378 g/mol. The molecule has 2 aromatic carbocycles. The number of hydrogen-bond acceptors (Lipinski definition) is 5. The van der Waals surface area contributed by atoms with Crippen LogP contribution in [0.2, 0.25) is 0 Å². The molecule has 0 saturated carbocycles. The quantitative estimate of drug-likeness (QED) is 0.504. The van der Waals surface area contributed by atoms with Gasteiger partial charge in [0.15, 0.2) is 10.9 Å². The van der Waals surface area contributed by atoms with E-state index in [1.54, 1.807) is 18.0 Å². The van der Waals surface area contributed by atoms with E-state index in [2.05, 4.69) is 10.2 Å². The molecule has 0 fully saturated rings. The third-order valence-corrected chi connectivity index (χ3v) is 5.55. The predicted molar refractivity (Wildman–Crippen MR) is 105 cm³/mol. The van der Waals surface area contributed by atoms with E-state index in [1.807, 2.05) is 54.0 Å². The highest BCUT2D eigenvalue weighted by atomic mass is 32.2. The van der Waals surface area contributed by atoms with Crippen LogP contribution in [-0.2, 0) is 11.2 Å². The first-order valence-corrected chi connectivity index (χ1v) is 9.56. The van der Waals surface area contributed by atoms with Gasteiger partial charge in [-0.05, 0) is 42.8 Å². The Morgan fingerprint density at radius 2 is 1.93 bits per heavy atom. The van der Waals surface area contributed by atoms with Gasteiger partial charge in [0.1, 0.15) is 5.82 Å². The number of Topliss-reactive ketones (excluding diaryl/α,β-unsaturated/α-hetero) is 1. The molecule has 3 aromatic rings. The number of carbonyl (C=O) groups is 2. The van der Waals surface area contributed by atoms with Gasteiger partial charge < -0.3 is 4.90 Å². The molecule has 0 spiro atoms. The van der Waals surface area contributed by atoms with E-state index in [4.69, 9.17) is 0 Å². The molecule has 136 valence electrons. The van der Waals surface area contributed by atoms with E-state index in [1.165, 1.54) is 11.8 Å². The van der Waals surface area contributed by atoms with E-state index in [9.17, 15) is 9.59 Å². The van der Waals surface area contributed by atoms with Crippen molar-refractivity contribution in [1.29, 1.82) is 0 Å². The molecule has 0 radical (unpaired) electrons. The summed E-state index contributed by atoms with van der Waals surface area (Å²) < 4.78 is 1.94. The van der Waals surface area contributed by atoms with Gasteiger partial charge in [-0.25, -0.2) is 0 Å². The zero-order valence-electron chi connectivity index (χ0n) is 15.0. The van der Waals surface area contributed by atoms with Crippen LogP contribution >= 0.6 is 11.8 Å². The maximum absolute atomic E-state index is 12.7. The number of carbonyl (C=O) groups excluding carboxylic acids is 2. The number of nitrogens with zero attached hydrogens (tertiary/aromatic N) is 4. The summed E-state index contributed by atoms with van der Waals surface area (Å²) in [5.41, 5.74) is 3.37. The van der Waals surface area contributed by atoms with Crippen LogP contribution in [-0.4, -0.2) is 39.3 Å². The second-order valence-electron chi connectivity index (χ2n) is 6.39. The zero-order valence-corrected chi connectivity index (χ0v) is 15.9. The van der Waals surface area contributed by atoms with E-state index < -0.39 is 0 Å². The summed E-state index contributed by atoms with van der Waals surface area (Å²) in [6, 6.07) is 15.3. The Balaban J connectivity index is 1.52. The maximum Gasteiger partial charge on any atom is 0.231 e. The Labute approximate surface area is 161 Å². The lowest BCUT2D eigenvalue weighted by atomic mass is 10.1. The molecule has 7 heteroatoms. The Hall–Kier alpha value is -2.93. The number of aryl methyl sites for hydroxylation is 1. The van der Waals surface area contributed by atoms with Gasteiger partial charge >= 0.3 is 0 Å². The van der Waals surface area contributed by atoms with Crippen molar-refractivity contribution < 1.29 is 9.59 Å². The van der Waals surface area contributed by atoms with Gasteiger partial charge in [0.25, 0.3) is 0 Å². The highest BCUT2D eigenvalue weighted by Crippen LogP contribution is 2.29. The van der Waals surface area contributed by atoms with Gasteiger partial charge in [-0.1, -0.05) is 30.0 Å². The molecule has 0 unspecified atom stereocenters. The molecule has 1 aliphatic heterocycles. The van der Waals surface area contributed by atoms with E-state index in [0.29, 0.717) is 17.1 Å². The molecule has 27 heavy (non-hydrogen) atoms. The predicted octanol–water partition coefficient (Wildman–Crippen LogP) is 3.07. The first kappa shape index (κ1) is 17.5. The molecular weight excluding hydrogens is 360 g/mol. The molecule has 2 heterocycles. The SMILES string of the molecule is Cc1nnc(SCC(=O)c2ccc3c(c2)CC(=O)N3C)n1-c1ccccc1. The molecule has 0 saturated heterocycles. The number of hydrogen-bond donors (Lipinski definition) is 0. The van der Waals surface area contributed by atoms with Crippen LogP contribution in [0.25, 0.3) is 5.69 Å². The van der Waals surface area contributed by atoms with Gasteiger partial charge in [0.05, 0.1) is 12.2 Å². The van der Waals surface area contributed by atoms with Crippen molar-refractivity contribution in [2.75, 3.05) is 17.7 Å². The fourth-order valence-electron chi connectivity index (χ4n) is 3.17. The number of likely N-dealkylation sites (N-methyl/N-ethyl adjacent to an activating group) is 1. The van der Waals surface area contributed by atoms with Crippen LogP contribution in [0.1, 0.15) is 21.7 Å². The first-order valence-electron chi connectivity index (χ1n) is 8.57. The monoisotopic (exact) mass is 378 g/mol. The molecule has 0 aliphatic carbocycles. The Bertz CT molecular complexity index is 1030. The van der Waals surface area contributed by atoms with Crippen molar-refractivity contribution in [2.45, 2.75) is 18.5 Å². The van der Waals surface area contributed by atoms with Crippen molar-refractivity contribution in [2.24, 2.45) is 0 Å². The van der Waals surface area contributed by atoms with Crippen LogP contribution in [0.5, 0.6) is 0 Å². The summed E-state index contributed by atoms with van der Waals surface area (Å²) in [4.78, 5) is 26.1. The number of anilines is 1. The second kappa shape index (κ2) is 7.00. The number of para-hydroxylation sites is 1. The van der Waals surface area contributed by atoms with E-state index in [-0.39, 0.29) is 17.4 Å². The minimum Gasteiger partial charge on any atom is -0.315 e. The van der Waals surface area contributed by atoms with E-state index >= 15 is 0 Å². The smallest absolute Gasteiger partial charge is 0.231 e. The largest absolute Gasteiger partial charge is 0.315 e. The third kappa shape index (κ3) is 3.26. The summed E-state index contributed by atoms with van der Waals surface area (Å²) in [6.07, 6.45) is 0.349. The summed E-state index contributed by atoms with van der Waals surface area (Å²) >= 11 is 1.36. The maximum atomic E-state index is 12.7. The third-order valence-electron chi connectivity index (χ3n) is 4.62. The molecule has 0 N–H and O–H groups in total. The molecular formula is C20H18N4O2S. The fraction of sp³-hybridized carbons (Fsp3) is 0.200. The van der Waals surface area contributed by atoms with Gasteiger partial charge in [-0.2, -0.15) is 0 Å². The van der Waals surface area contributed by atoms with Crippen molar-refractivity contribution in [3.05, 3.63) is 65.5 Å². The zero-order chi connectivity index (χ0) is 19.0.